The van der Waals surface area contributed by atoms with Crippen molar-refractivity contribution in [3.63, 3.8) is 0 Å². The summed E-state index contributed by atoms with van der Waals surface area (Å²) in [5.74, 6) is -0.486. The monoisotopic (exact) mass is 249 g/mol. The standard InChI is InChI=1S/C11H11N3O2S/c15-10(16)6-9-12-13-11(17)14(9)7-8-4-2-1-3-5-8/h1-5H,6-7H2,(H,13,17)(H,15,16). The van der Waals surface area contributed by atoms with E-state index in [0.717, 1.165) is 5.56 Å². The highest BCUT2D eigenvalue weighted by atomic mass is 32.1. The van der Waals surface area contributed by atoms with Crippen LogP contribution in [-0.4, -0.2) is 25.8 Å². The molecule has 0 aliphatic heterocycles. The Hall–Kier alpha value is -1.95. The second-order valence-electron chi connectivity index (χ2n) is 3.59. The zero-order valence-corrected chi connectivity index (χ0v) is 9.78. The second kappa shape index (κ2) is 4.92. The molecule has 0 atom stereocenters. The quantitative estimate of drug-likeness (QED) is 0.808. The SMILES string of the molecule is O=C(O)Cc1n[nH]c(=S)n1Cc1ccccc1. The Morgan fingerprint density at radius 1 is 1.41 bits per heavy atom. The van der Waals surface area contributed by atoms with Crippen molar-refractivity contribution >= 4 is 18.2 Å². The molecular formula is C11H11N3O2S. The van der Waals surface area contributed by atoms with E-state index in [4.69, 9.17) is 17.3 Å². The Balaban J connectivity index is 2.29. The lowest BCUT2D eigenvalue weighted by Crippen LogP contribution is -2.10. The van der Waals surface area contributed by atoms with Gasteiger partial charge in [0.25, 0.3) is 0 Å². The number of nitrogens with one attached hydrogen (secondary N) is 1. The van der Waals surface area contributed by atoms with Crippen molar-refractivity contribution in [2.75, 3.05) is 0 Å². The maximum Gasteiger partial charge on any atom is 0.311 e. The molecule has 0 aliphatic carbocycles. The predicted molar refractivity (Wildman–Crippen MR) is 64.3 cm³/mol. The minimum atomic E-state index is -0.923. The molecule has 0 amide bonds. The predicted octanol–water partition coefficient (Wildman–Crippen LogP) is 1.62. The molecule has 0 saturated carbocycles. The Bertz CT molecular complexity index is 574. The van der Waals surface area contributed by atoms with Gasteiger partial charge in [-0.15, -0.1) is 0 Å². The van der Waals surface area contributed by atoms with E-state index in [1.807, 2.05) is 30.3 Å². The van der Waals surface area contributed by atoms with Crippen molar-refractivity contribution in [1.82, 2.24) is 14.8 Å². The van der Waals surface area contributed by atoms with Crippen LogP contribution in [0.3, 0.4) is 0 Å². The van der Waals surface area contributed by atoms with Gasteiger partial charge in [0, 0.05) is 0 Å². The maximum absolute atomic E-state index is 10.7. The third-order valence-corrected chi connectivity index (χ3v) is 2.64. The van der Waals surface area contributed by atoms with Crippen molar-refractivity contribution in [2.45, 2.75) is 13.0 Å². The molecule has 0 radical (unpaired) electrons. The van der Waals surface area contributed by atoms with Gasteiger partial charge >= 0.3 is 5.97 Å². The number of benzene rings is 1. The van der Waals surface area contributed by atoms with Gasteiger partial charge in [0.1, 0.15) is 12.2 Å². The number of aromatic amines is 1. The first-order chi connectivity index (χ1) is 8.16. The Kier molecular flexibility index (Phi) is 3.34. The average Bonchev–Trinajstić information content (AvgIpc) is 2.62. The molecule has 1 aromatic carbocycles. The van der Waals surface area contributed by atoms with Gasteiger partial charge < -0.3 is 5.11 Å². The average molecular weight is 249 g/mol. The Morgan fingerprint density at radius 3 is 2.76 bits per heavy atom. The molecule has 2 aromatic rings. The van der Waals surface area contributed by atoms with E-state index in [-0.39, 0.29) is 6.42 Å². The first-order valence-electron chi connectivity index (χ1n) is 5.06. The highest BCUT2D eigenvalue weighted by Gasteiger charge is 2.10. The molecule has 0 aliphatic rings. The van der Waals surface area contributed by atoms with Crippen LogP contribution >= 0.6 is 12.2 Å². The van der Waals surface area contributed by atoms with Crippen LogP contribution in [0.15, 0.2) is 30.3 Å². The van der Waals surface area contributed by atoms with Crippen LogP contribution in [0.4, 0.5) is 0 Å². The van der Waals surface area contributed by atoms with Crippen LogP contribution in [0.1, 0.15) is 11.4 Å². The number of carboxylic acids is 1. The van der Waals surface area contributed by atoms with Gasteiger partial charge in [-0.3, -0.25) is 14.5 Å². The molecule has 0 saturated heterocycles. The van der Waals surface area contributed by atoms with Gasteiger partial charge in [0.05, 0.1) is 6.54 Å². The summed E-state index contributed by atoms with van der Waals surface area (Å²) in [4.78, 5) is 10.7. The number of hydrogen-bond acceptors (Lipinski definition) is 3. The number of hydrogen-bond donors (Lipinski definition) is 2. The maximum atomic E-state index is 10.7. The third kappa shape index (κ3) is 2.79. The summed E-state index contributed by atoms with van der Waals surface area (Å²) in [5.41, 5.74) is 1.05. The van der Waals surface area contributed by atoms with Gasteiger partial charge in [-0.05, 0) is 17.8 Å². The fraction of sp³-hybridized carbons (Fsp3) is 0.182. The molecule has 0 unspecified atom stereocenters. The van der Waals surface area contributed by atoms with Gasteiger partial charge in [-0.25, -0.2) is 0 Å². The molecule has 1 aromatic heterocycles. The molecule has 1 heterocycles. The van der Waals surface area contributed by atoms with Gasteiger partial charge in [-0.1, -0.05) is 30.3 Å². The normalized spacial score (nSPS) is 10.4. The van der Waals surface area contributed by atoms with Crippen LogP contribution in [-0.2, 0) is 17.8 Å². The van der Waals surface area contributed by atoms with Gasteiger partial charge in [0.15, 0.2) is 4.77 Å². The number of aromatic nitrogens is 3. The van der Waals surface area contributed by atoms with Crippen molar-refractivity contribution < 1.29 is 9.90 Å². The lowest BCUT2D eigenvalue weighted by molar-refractivity contribution is -0.136. The van der Waals surface area contributed by atoms with E-state index in [1.54, 1.807) is 4.57 Å². The summed E-state index contributed by atoms with van der Waals surface area (Å²) in [6, 6.07) is 9.70. The summed E-state index contributed by atoms with van der Waals surface area (Å²) in [6.45, 7) is 0.527. The number of carbonyl (C=O) groups is 1. The van der Waals surface area contributed by atoms with Crippen molar-refractivity contribution in [3.05, 3.63) is 46.5 Å². The lowest BCUT2D eigenvalue weighted by Gasteiger charge is -2.05. The second-order valence-corrected chi connectivity index (χ2v) is 3.97. The zero-order chi connectivity index (χ0) is 12.3. The van der Waals surface area contributed by atoms with Crippen molar-refractivity contribution in [1.29, 1.82) is 0 Å². The highest BCUT2D eigenvalue weighted by Crippen LogP contribution is 2.06. The molecule has 0 spiro atoms. The largest absolute Gasteiger partial charge is 0.481 e. The molecule has 0 fully saturated rings. The number of aliphatic carboxylic acids is 1. The fourth-order valence-electron chi connectivity index (χ4n) is 1.55. The van der Waals surface area contributed by atoms with Gasteiger partial charge in [0.2, 0.25) is 0 Å². The molecule has 2 N–H and O–H groups in total. The summed E-state index contributed by atoms with van der Waals surface area (Å²) < 4.78 is 2.13. The van der Waals surface area contributed by atoms with Gasteiger partial charge in [-0.2, -0.15) is 5.10 Å². The topological polar surface area (TPSA) is 70.9 Å². The Labute approximate surface area is 103 Å². The fourth-order valence-corrected chi connectivity index (χ4v) is 1.77. The van der Waals surface area contributed by atoms with E-state index < -0.39 is 5.97 Å². The summed E-state index contributed by atoms with van der Waals surface area (Å²) >= 11 is 5.08. The minimum Gasteiger partial charge on any atom is -0.481 e. The van der Waals surface area contributed by atoms with Crippen molar-refractivity contribution in [2.24, 2.45) is 0 Å². The molecule has 2 rings (SSSR count). The molecule has 88 valence electrons. The van der Waals surface area contributed by atoms with E-state index in [1.165, 1.54) is 0 Å². The van der Waals surface area contributed by atoms with Crippen LogP contribution < -0.4 is 0 Å². The van der Waals surface area contributed by atoms with E-state index in [2.05, 4.69) is 10.2 Å². The minimum absolute atomic E-state index is 0.139. The zero-order valence-electron chi connectivity index (χ0n) is 8.96. The van der Waals surface area contributed by atoms with E-state index in [9.17, 15) is 4.79 Å². The number of H-pyrrole nitrogens is 1. The summed E-state index contributed by atoms with van der Waals surface area (Å²) in [7, 11) is 0. The van der Waals surface area contributed by atoms with Crippen LogP contribution in [0.25, 0.3) is 0 Å². The lowest BCUT2D eigenvalue weighted by atomic mass is 10.2. The van der Waals surface area contributed by atoms with Crippen LogP contribution in [0.2, 0.25) is 0 Å². The first-order valence-corrected chi connectivity index (χ1v) is 5.47. The van der Waals surface area contributed by atoms with Crippen molar-refractivity contribution in [3.8, 4) is 0 Å². The highest BCUT2D eigenvalue weighted by molar-refractivity contribution is 7.71. The third-order valence-electron chi connectivity index (χ3n) is 2.33. The smallest absolute Gasteiger partial charge is 0.311 e. The first kappa shape index (κ1) is 11.5. The van der Waals surface area contributed by atoms with Crippen LogP contribution in [0.5, 0.6) is 0 Å². The van der Waals surface area contributed by atoms with E-state index >= 15 is 0 Å². The molecular weight excluding hydrogens is 238 g/mol. The number of rotatable bonds is 4. The summed E-state index contributed by atoms with van der Waals surface area (Å²) in [5, 5.41) is 15.3. The summed E-state index contributed by atoms with van der Waals surface area (Å²) in [6.07, 6.45) is -0.139. The molecule has 6 heteroatoms. The Morgan fingerprint density at radius 2 is 2.12 bits per heavy atom. The molecule has 5 nitrogen and oxygen atoms in total. The van der Waals surface area contributed by atoms with E-state index in [0.29, 0.717) is 17.1 Å². The molecule has 0 bridgehead atoms. The van der Waals surface area contributed by atoms with Crippen LogP contribution in [0, 0.1) is 4.77 Å². The number of nitrogens with zero attached hydrogens (tertiary/aromatic N) is 2. The molecule has 17 heavy (non-hydrogen) atoms. The number of carboxylic acid groups (broad SMARTS) is 1.